The Morgan fingerprint density at radius 2 is 1.95 bits per heavy atom. The van der Waals surface area contributed by atoms with Crippen molar-refractivity contribution < 1.29 is 9.18 Å². The fourth-order valence-corrected chi connectivity index (χ4v) is 2.36. The van der Waals surface area contributed by atoms with Crippen LogP contribution in [0.25, 0.3) is 0 Å². The average molecular weight is 260 g/mol. The standard InChI is InChI=1S/C15H17FN2O/c1-9(2)18-10(3)8-13(17)14(18)15(19)11-6-4-5-7-12(11)16/h4-9H,17H2,1-3H3. The molecule has 1 aromatic carbocycles. The largest absolute Gasteiger partial charge is 0.397 e. The highest BCUT2D eigenvalue weighted by atomic mass is 19.1. The van der Waals surface area contributed by atoms with Gasteiger partial charge in [-0.15, -0.1) is 0 Å². The summed E-state index contributed by atoms with van der Waals surface area (Å²) >= 11 is 0. The molecule has 2 N–H and O–H groups in total. The van der Waals surface area contributed by atoms with E-state index in [9.17, 15) is 9.18 Å². The van der Waals surface area contributed by atoms with Gasteiger partial charge in [0.2, 0.25) is 5.78 Å². The van der Waals surface area contributed by atoms with Crippen molar-refractivity contribution in [3.63, 3.8) is 0 Å². The highest BCUT2D eigenvalue weighted by molar-refractivity contribution is 6.11. The number of nitrogens with zero attached hydrogens (tertiary/aromatic N) is 1. The van der Waals surface area contributed by atoms with E-state index in [-0.39, 0.29) is 17.4 Å². The Morgan fingerprint density at radius 3 is 2.53 bits per heavy atom. The normalized spacial score (nSPS) is 11.0. The van der Waals surface area contributed by atoms with Crippen LogP contribution >= 0.6 is 0 Å². The van der Waals surface area contributed by atoms with E-state index in [4.69, 9.17) is 5.73 Å². The van der Waals surface area contributed by atoms with Crippen LogP contribution in [-0.4, -0.2) is 10.4 Å². The number of hydrogen-bond donors (Lipinski definition) is 1. The number of nitrogens with two attached hydrogens (primary N) is 1. The van der Waals surface area contributed by atoms with Crippen LogP contribution < -0.4 is 5.73 Å². The van der Waals surface area contributed by atoms with Crippen LogP contribution in [0.15, 0.2) is 30.3 Å². The van der Waals surface area contributed by atoms with Crippen molar-refractivity contribution in [2.75, 3.05) is 5.73 Å². The van der Waals surface area contributed by atoms with E-state index >= 15 is 0 Å². The van der Waals surface area contributed by atoms with Crippen LogP contribution in [0.5, 0.6) is 0 Å². The number of halogens is 1. The molecule has 0 bridgehead atoms. The Balaban J connectivity index is 2.60. The quantitative estimate of drug-likeness (QED) is 0.860. The van der Waals surface area contributed by atoms with Gasteiger partial charge in [0.15, 0.2) is 0 Å². The molecule has 1 heterocycles. The van der Waals surface area contributed by atoms with Gasteiger partial charge in [-0.1, -0.05) is 12.1 Å². The van der Waals surface area contributed by atoms with E-state index < -0.39 is 5.82 Å². The van der Waals surface area contributed by atoms with Gasteiger partial charge in [-0.25, -0.2) is 4.39 Å². The highest BCUT2D eigenvalue weighted by Crippen LogP contribution is 2.26. The summed E-state index contributed by atoms with van der Waals surface area (Å²) in [7, 11) is 0. The fourth-order valence-electron chi connectivity index (χ4n) is 2.36. The molecular formula is C15H17FN2O. The van der Waals surface area contributed by atoms with Gasteiger partial charge in [0.25, 0.3) is 0 Å². The topological polar surface area (TPSA) is 48.0 Å². The van der Waals surface area contributed by atoms with Gasteiger partial charge >= 0.3 is 0 Å². The first-order valence-corrected chi connectivity index (χ1v) is 6.20. The zero-order chi connectivity index (χ0) is 14.2. The molecule has 1 aromatic heterocycles. The van der Waals surface area contributed by atoms with E-state index in [1.165, 1.54) is 12.1 Å². The first-order valence-electron chi connectivity index (χ1n) is 6.20. The number of ketones is 1. The molecule has 0 aliphatic rings. The molecule has 2 aromatic rings. The van der Waals surface area contributed by atoms with Crippen LogP contribution in [0.1, 0.15) is 41.6 Å². The maximum Gasteiger partial charge on any atom is 0.214 e. The second-order valence-corrected chi connectivity index (χ2v) is 4.86. The van der Waals surface area contributed by atoms with Gasteiger partial charge in [0.05, 0.1) is 11.3 Å². The summed E-state index contributed by atoms with van der Waals surface area (Å²) < 4.78 is 15.6. The monoisotopic (exact) mass is 260 g/mol. The summed E-state index contributed by atoms with van der Waals surface area (Å²) in [5.74, 6) is -0.904. The third-order valence-corrected chi connectivity index (χ3v) is 3.11. The Morgan fingerprint density at radius 1 is 1.32 bits per heavy atom. The third kappa shape index (κ3) is 2.26. The Kier molecular flexibility index (Phi) is 3.42. The van der Waals surface area contributed by atoms with Crippen molar-refractivity contribution in [1.82, 2.24) is 4.57 Å². The molecule has 0 fully saturated rings. The highest BCUT2D eigenvalue weighted by Gasteiger charge is 2.22. The van der Waals surface area contributed by atoms with Crippen molar-refractivity contribution in [3.05, 3.63) is 53.1 Å². The first kappa shape index (κ1) is 13.3. The number of aromatic nitrogens is 1. The number of aryl methyl sites for hydroxylation is 1. The third-order valence-electron chi connectivity index (χ3n) is 3.11. The van der Waals surface area contributed by atoms with Crippen LogP contribution in [0.4, 0.5) is 10.1 Å². The number of carbonyl (C=O) groups excluding carboxylic acids is 1. The number of benzene rings is 1. The predicted octanol–water partition coefficient (Wildman–Crippen LogP) is 3.33. The molecule has 2 rings (SSSR count). The summed E-state index contributed by atoms with van der Waals surface area (Å²) in [5.41, 5.74) is 7.60. The molecule has 0 saturated carbocycles. The average Bonchev–Trinajstić information content (AvgIpc) is 2.64. The second kappa shape index (κ2) is 4.88. The molecule has 0 atom stereocenters. The van der Waals surface area contributed by atoms with Gasteiger partial charge in [-0.05, 0) is 39.0 Å². The van der Waals surface area contributed by atoms with Gasteiger partial charge < -0.3 is 10.3 Å². The second-order valence-electron chi connectivity index (χ2n) is 4.86. The molecule has 0 amide bonds. The molecule has 0 aliphatic carbocycles. The van der Waals surface area contributed by atoms with E-state index in [0.29, 0.717) is 11.4 Å². The van der Waals surface area contributed by atoms with Crippen molar-refractivity contribution in [1.29, 1.82) is 0 Å². The summed E-state index contributed by atoms with van der Waals surface area (Å²) in [4.78, 5) is 12.5. The van der Waals surface area contributed by atoms with E-state index in [1.54, 1.807) is 18.2 Å². The molecule has 0 unspecified atom stereocenters. The number of anilines is 1. The van der Waals surface area contributed by atoms with Crippen LogP contribution in [0.3, 0.4) is 0 Å². The van der Waals surface area contributed by atoms with Gasteiger partial charge in [-0.2, -0.15) is 0 Å². The smallest absolute Gasteiger partial charge is 0.214 e. The van der Waals surface area contributed by atoms with Crippen LogP contribution in [-0.2, 0) is 0 Å². The minimum absolute atomic E-state index is 0.0502. The molecule has 4 heteroatoms. The lowest BCUT2D eigenvalue weighted by Gasteiger charge is -2.15. The van der Waals surface area contributed by atoms with Crippen molar-refractivity contribution in [3.8, 4) is 0 Å². The van der Waals surface area contributed by atoms with Crippen LogP contribution in [0.2, 0.25) is 0 Å². The molecule has 3 nitrogen and oxygen atoms in total. The molecule has 19 heavy (non-hydrogen) atoms. The SMILES string of the molecule is Cc1cc(N)c(C(=O)c2ccccc2F)n1C(C)C. The molecule has 0 radical (unpaired) electrons. The predicted molar refractivity (Wildman–Crippen MR) is 73.8 cm³/mol. The Hall–Kier alpha value is -2.10. The lowest BCUT2D eigenvalue weighted by atomic mass is 10.1. The lowest BCUT2D eigenvalue weighted by Crippen LogP contribution is -2.15. The van der Waals surface area contributed by atoms with Crippen molar-refractivity contribution >= 4 is 11.5 Å². The molecule has 0 spiro atoms. The number of hydrogen-bond acceptors (Lipinski definition) is 2. The first-order chi connectivity index (χ1) is 8.93. The van der Waals surface area contributed by atoms with Gasteiger partial charge in [-0.3, -0.25) is 4.79 Å². The summed E-state index contributed by atoms with van der Waals surface area (Å²) in [6.45, 7) is 5.81. The van der Waals surface area contributed by atoms with E-state index in [1.807, 2.05) is 25.3 Å². The van der Waals surface area contributed by atoms with E-state index in [0.717, 1.165) is 5.69 Å². The molecule has 0 aliphatic heterocycles. The van der Waals surface area contributed by atoms with E-state index in [2.05, 4.69) is 0 Å². The Labute approximate surface area is 111 Å². The zero-order valence-corrected chi connectivity index (χ0v) is 11.3. The zero-order valence-electron chi connectivity index (χ0n) is 11.3. The summed E-state index contributed by atoms with van der Waals surface area (Å²) in [6.07, 6.45) is 0. The number of rotatable bonds is 3. The summed E-state index contributed by atoms with van der Waals surface area (Å²) in [6, 6.07) is 7.78. The minimum atomic E-state index is -0.527. The maximum atomic E-state index is 13.7. The van der Waals surface area contributed by atoms with Gasteiger partial charge in [0, 0.05) is 11.7 Å². The number of nitrogen functional groups attached to an aromatic ring is 1. The van der Waals surface area contributed by atoms with Gasteiger partial charge in [0.1, 0.15) is 11.5 Å². The molecular weight excluding hydrogens is 243 g/mol. The maximum absolute atomic E-state index is 13.7. The Bertz CT molecular complexity index is 629. The molecule has 100 valence electrons. The van der Waals surface area contributed by atoms with Crippen LogP contribution in [0, 0.1) is 12.7 Å². The fraction of sp³-hybridized carbons (Fsp3) is 0.267. The summed E-state index contributed by atoms with van der Waals surface area (Å²) in [5, 5.41) is 0. The number of carbonyl (C=O) groups is 1. The van der Waals surface area contributed by atoms with Crippen molar-refractivity contribution in [2.45, 2.75) is 26.8 Å². The molecule has 0 saturated heterocycles. The van der Waals surface area contributed by atoms with Crippen molar-refractivity contribution in [2.24, 2.45) is 0 Å². The lowest BCUT2D eigenvalue weighted by molar-refractivity contribution is 0.102. The minimum Gasteiger partial charge on any atom is -0.397 e.